The van der Waals surface area contributed by atoms with Crippen molar-refractivity contribution in [3.05, 3.63) is 47.7 Å². The second-order valence-corrected chi connectivity index (χ2v) is 3.22. The first-order valence-electron chi connectivity index (χ1n) is 4.57. The largest absolute Gasteiger partial charge is 0.461 e. The standard InChI is InChI=1S/C12H12O2/c1-9-11(8-13)7-12(14-9)10-5-3-2-4-6-10/h2-7,13H,8H2,1H3. The molecule has 0 fully saturated rings. The van der Waals surface area contributed by atoms with Gasteiger partial charge in [0.05, 0.1) is 6.61 Å². The fourth-order valence-corrected chi connectivity index (χ4v) is 1.42. The summed E-state index contributed by atoms with van der Waals surface area (Å²) in [6.45, 7) is 1.89. The molecule has 0 aliphatic heterocycles. The molecule has 1 aromatic heterocycles. The quantitative estimate of drug-likeness (QED) is 0.786. The van der Waals surface area contributed by atoms with Crippen LogP contribution in [0.1, 0.15) is 11.3 Å². The normalized spacial score (nSPS) is 10.4. The molecule has 0 saturated heterocycles. The van der Waals surface area contributed by atoms with Crippen molar-refractivity contribution in [1.29, 1.82) is 0 Å². The van der Waals surface area contributed by atoms with Crippen molar-refractivity contribution in [2.24, 2.45) is 0 Å². The van der Waals surface area contributed by atoms with Gasteiger partial charge in [-0.05, 0) is 13.0 Å². The molecule has 0 aliphatic rings. The van der Waals surface area contributed by atoms with E-state index in [1.54, 1.807) is 0 Å². The van der Waals surface area contributed by atoms with Crippen molar-refractivity contribution in [3.63, 3.8) is 0 Å². The molecular formula is C12H12O2. The highest BCUT2D eigenvalue weighted by molar-refractivity contribution is 5.58. The SMILES string of the molecule is Cc1oc(-c2ccccc2)cc1CO. The van der Waals surface area contributed by atoms with Crippen LogP contribution in [0, 0.1) is 6.92 Å². The van der Waals surface area contributed by atoms with Crippen LogP contribution in [0.4, 0.5) is 0 Å². The van der Waals surface area contributed by atoms with Crippen LogP contribution >= 0.6 is 0 Å². The Morgan fingerprint density at radius 3 is 2.50 bits per heavy atom. The number of furan rings is 1. The third-order valence-corrected chi connectivity index (χ3v) is 2.25. The number of benzene rings is 1. The Bertz CT molecular complexity index is 415. The van der Waals surface area contributed by atoms with Gasteiger partial charge in [-0.25, -0.2) is 0 Å². The maximum Gasteiger partial charge on any atom is 0.134 e. The number of aliphatic hydroxyl groups is 1. The van der Waals surface area contributed by atoms with E-state index in [4.69, 9.17) is 9.52 Å². The van der Waals surface area contributed by atoms with Crippen molar-refractivity contribution in [2.75, 3.05) is 0 Å². The van der Waals surface area contributed by atoms with Crippen LogP contribution in [-0.4, -0.2) is 5.11 Å². The lowest BCUT2D eigenvalue weighted by Crippen LogP contribution is -1.79. The van der Waals surface area contributed by atoms with Gasteiger partial charge >= 0.3 is 0 Å². The molecule has 2 rings (SSSR count). The van der Waals surface area contributed by atoms with Gasteiger partial charge in [-0.2, -0.15) is 0 Å². The van der Waals surface area contributed by atoms with Gasteiger partial charge in [-0.1, -0.05) is 30.3 Å². The second-order valence-electron chi connectivity index (χ2n) is 3.22. The number of aliphatic hydroxyl groups excluding tert-OH is 1. The lowest BCUT2D eigenvalue weighted by molar-refractivity contribution is 0.279. The fourth-order valence-electron chi connectivity index (χ4n) is 1.42. The average Bonchev–Trinajstić information content (AvgIpc) is 2.61. The Hall–Kier alpha value is -1.54. The third-order valence-electron chi connectivity index (χ3n) is 2.25. The summed E-state index contributed by atoms with van der Waals surface area (Å²) >= 11 is 0. The van der Waals surface area contributed by atoms with Crippen LogP contribution < -0.4 is 0 Å². The summed E-state index contributed by atoms with van der Waals surface area (Å²) in [5.74, 6) is 1.60. The summed E-state index contributed by atoms with van der Waals surface area (Å²) in [7, 11) is 0. The summed E-state index contributed by atoms with van der Waals surface area (Å²) in [6, 6.07) is 11.7. The Balaban J connectivity index is 2.43. The highest BCUT2D eigenvalue weighted by atomic mass is 16.3. The van der Waals surface area contributed by atoms with E-state index in [0.717, 1.165) is 22.6 Å². The number of hydrogen-bond acceptors (Lipinski definition) is 2. The van der Waals surface area contributed by atoms with E-state index in [1.807, 2.05) is 43.3 Å². The highest BCUT2D eigenvalue weighted by Gasteiger charge is 2.07. The lowest BCUT2D eigenvalue weighted by Gasteiger charge is -1.93. The molecule has 72 valence electrons. The van der Waals surface area contributed by atoms with E-state index in [2.05, 4.69) is 0 Å². The van der Waals surface area contributed by atoms with Crippen molar-refractivity contribution in [3.8, 4) is 11.3 Å². The Labute approximate surface area is 82.8 Å². The van der Waals surface area contributed by atoms with Crippen molar-refractivity contribution >= 4 is 0 Å². The first-order valence-corrected chi connectivity index (χ1v) is 4.57. The maximum absolute atomic E-state index is 9.02. The van der Waals surface area contributed by atoms with Crippen LogP contribution in [0.15, 0.2) is 40.8 Å². The molecule has 0 amide bonds. The topological polar surface area (TPSA) is 33.4 Å². The average molecular weight is 188 g/mol. The molecule has 0 spiro atoms. The monoisotopic (exact) mass is 188 g/mol. The molecule has 0 unspecified atom stereocenters. The predicted octanol–water partition coefficient (Wildman–Crippen LogP) is 2.75. The van der Waals surface area contributed by atoms with E-state index >= 15 is 0 Å². The maximum atomic E-state index is 9.02. The molecule has 0 saturated carbocycles. The summed E-state index contributed by atoms with van der Waals surface area (Å²) in [5.41, 5.74) is 1.89. The minimum Gasteiger partial charge on any atom is -0.461 e. The van der Waals surface area contributed by atoms with Gasteiger partial charge in [0.2, 0.25) is 0 Å². The summed E-state index contributed by atoms with van der Waals surface area (Å²) in [4.78, 5) is 0. The zero-order valence-electron chi connectivity index (χ0n) is 8.03. The summed E-state index contributed by atoms with van der Waals surface area (Å²) in [6.07, 6.45) is 0. The van der Waals surface area contributed by atoms with Gasteiger partial charge in [-0.3, -0.25) is 0 Å². The highest BCUT2D eigenvalue weighted by Crippen LogP contribution is 2.24. The van der Waals surface area contributed by atoms with Crippen LogP contribution in [0.3, 0.4) is 0 Å². The van der Waals surface area contributed by atoms with Crippen molar-refractivity contribution in [2.45, 2.75) is 13.5 Å². The van der Waals surface area contributed by atoms with Crippen LogP contribution in [-0.2, 0) is 6.61 Å². The van der Waals surface area contributed by atoms with Gasteiger partial charge in [-0.15, -0.1) is 0 Å². The first kappa shape index (κ1) is 9.03. The molecule has 14 heavy (non-hydrogen) atoms. The van der Waals surface area contributed by atoms with Crippen LogP contribution in [0.25, 0.3) is 11.3 Å². The Morgan fingerprint density at radius 2 is 1.93 bits per heavy atom. The Kier molecular flexibility index (Phi) is 2.37. The second kappa shape index (κ2) is 3.68. The molecule has 1 aromatic carbocycles. The zero-order chi connectivity index (χ0) is 9.97. The van der Waals surface area contributed by atoms with Gasteiger partial charge in [0.15, 0.2) is 0 Å². The molecule has 2 aromatic rings. The number of aryl methyl sites for hydroxylation is 1. The Morgan fingerprint density at radius 1 is 1.21 bits per heavy atom. The molecule has 0 bridgehead atoms. The molecule has 2 heteroatoms. The first-order chi connectivity index (χ1) is 6.81. The van der Waals surface area contributed by atoms with E-state index in [9.17, 15) is 0 Å². The summed E-state index contributed by atoms with van der Waals surface area (Å²) in [5, 5.41) is 9.02. The van der Waals surface area contributed by atoms with E-state index in [-0.39, 0.29) is 6.61 Å². The van der Waals surface area contributed by atoms with Crippen molar-refractivity contribution < 1.29 is 9.52 Å². The van der Waals surface area contributed by atoms with E-state index in [0.29, 0.717) is 0 Å². The van der Waals surface area contributed by atoms with Gasteiger partial charge in [0.1, 0.15) is 11.5 Å². The van der Waals surface area contributed by atoms with Crippen LogP contribution in [0.2, 0.25) is 0 Å². The van der Waals surface area contributed by atoms with Gasteiger partial charge in [0, 0.05) is 11.1 Å². The molecule has 0 aliphatic carbocycles. The number of rotatable bonds is 2. The van der Waals surface area contributed by atoms with Crippen LogP contribution in [0.5, 0.6) is 0 Å². The third kappa shape index (κ3) is 1.56. The molecule has 1 N–H and O–H groups in total. The predicted molar refractivity (Wildman–Crippen MR) is 54.8 cm³/mol. The minimum absolute atomic E-state index is 0.0299. The molecule has 1 heterocycles. The van der Waals surface area contributed by atoms with Crippen molar-refractivity contribution in [1.82, 2.24) is 0 Å². The molecule has 0 radical (unpaired) electrons. The van der Waals surface area contributed by atoms with Gasteiger partial charge < -0.3 is 9.52 Å². The fraction of sp³-hybridized carbons (Fsp3) is 0.167. The van der Waals surface area contributed by atoms with E-state index in [1.165, 1.54) is 0 Å². The molecule has 2 nitrogen and oxygen atoms in total. The molecular weight excluding hydrogens is 176 g/mol. The zero-order valence-corrected chi connectivity index (χ0v) is 8.03. The minimum atomic E-state index is 0.0299. The summed E-state index contributed by atoms with van der Waals surface area (Å²) < 4.78 is 5.53. The number of hydrogen-bond donors (Lipinski definition) is 1. The smallest absolute Gasteiger partial charge is 0.134 e. The molecule has 0 atom stereocenters. The van der Waals surface area contributed by atoms with E-state index < -0.39 is 0 Å². The van der Waals surface area contributed by atoms with Gasteiger partial charge in [0.25, 0.3) is 0 Å². The lowest BCUT2D eigenvalue weighted by atomic mass is 10.1.